The molecule has 2 heterocycles. The van der Waals surface area contributed by atoms with Crippen LogP contribution in [0.25, 0.3) is 33.0 Å². The molecule has 5 aromatic rings. The smallest absolute Gasteiger partial charge is 0.266 e. The van der Waals surface area contributed by atoms with E-state index in [1.807, 2.05) is 74.5 Å². The Morgan fingerprint density at radius 2 is 1.15 bits per heavy atom. The van der Waals surface area contributed by atoms with Crippen molar-refractivity contribution in [3.05, 3.63) is 124 Å². The molecule has 0 saturated carbocycles. The maximum atomic E-state index is 15.0. The molecule has 0 radical (unpaired) electrons. The summed E-state index contributed by atoms with van der Waals surface area (Å²) < 4.78 is 0. The van der Waals surface area contributed by atoms with Gasteiger partial charge in [0.05, 0.1) is 29.5 Å². The Hall–Kier alpha value is -5.48. The van der Waals surface area contributed by atoms with Gasteiger partial charge in [0, 0.05) is 35.0 Å². The first-order valence-electron chi connectivity index (χ1n) is 19.3. The van der Waals surface area contributed by atoms with Crippen molar-refractivity contribution >= 4 is 40.1 Å². The van der Waals surface area contributed by atoms with E-state index >= 15 is 0 Å². The summed E-state index contributed by atoms with van der Waals surface area (Å²) in [6.07, 6.45) is 2.80. The van der Waals surface area contributed by atoms with Gasteiger partial charge < -0.3 is 16.2 Å². The minimum Gasteiger partial charge on any atom is -0.394 e. The summed E-state index contributed by atoms with van der Waals surface area (Å²) in [6, 6.07) is 25.8. The highest BCUT2D eigenvalue weighted by Gasteiger charge is 2.45. The van der Waals surface area contributed by atoms with E-state index in [0.717, 1.165) is 42.5 Å². The van der Waals surface area contributed by atoms with Crippen LogP contribution >= 0.6 is 0 Å². The molecule has 0 saturated heterocycles. The zero-order valence-corrected chi connectivity index (χ0v) is 31.9. The van der Waals surface area contributed by atoms with E-state index in [4.69, 9.17) is 5.73 Å². The summed E-state index contributed by atoms with van der Waals surface area (Å²) in [6.45, 7) is 9.70. The van der Waals surface area contributed by atoms with Gasteiger partial charge in [-0.15, -0.1) is 0 Å². The van der Waals surface area contributed by atoms with E-state index in [9.17, 15) is 24.3 Å². The molecule has 5 aromatic carbocycles. The van der Waals surface area contributed by atoms with Crippen molar-refractivity contribution in [2.45, 2.75) is 59.4 Å². The Kier molecular flexibility index (Phi) is 10.8. The first-order chi connectivity index (χ1) is 26.6. The van der Waals surface area contributed by atoms with Crippen molar-refractivity contribution in [1.29, 1.82) is 0 Å². The molecule has 55 heavy (non-hydrogen) atoms. The fourth-order valence-corrected chi connectivity index (χ4v) is 8.02. The number of carbonyl (C=O) groups is 4. The zero-order valence-electron chi connectivity index (χ0n) is 31.9. The van der Waals surface area contributed by atoms with Gasteiger partial charge in [-0.05, 0) is 101 Å². The molecule has 4 N–H and O–H groups in total. The van der Waals surface area contributed by atoms with Crippen molar-refractivity contribution in [3.8, 4) is 22.3 Å². The van der Waals surface area contributed by atoms with E-state index < -0.39 is 36.3 Å². The van der Waals surface area contributed by atoms with E-state index in [1.165, 1.54) is 9.80 Å². The van der Waals surface area contributed by atoms with Crippen LogP contribution in [0.5, 0.6) is 0 Å². The number of nitrogens with zero attached hydrogens (tertiary/aromatic N) is 2. The lowest BCUT2D eigenvalue weighted by Gasteiger charge is -2.37. The van der Waals surface area contributed by atoms with Crippen LogP contribution < -0.4 is 16.0 Å². The van der Waals surface area contributed by atoms with Gasteiger partial charge in [-0.2, -0.15) is 0 Å². The Morgan fingerprint density at radius 3 is 1.64 bits per heavy atom. The van der Waals surface area contributed by atoms with Crippen LogP contribution in [0.4, 0.5) is 5.69 Å². The number of hydrogen-bond acceptors (Lipinski definition) is 7. The van der Waals surface area contributed by atoms with Crippen molar-refractivity contribution in [2.75, 3.05) is 31.1 Å². The summed E-state index contributed by atoms with van der Waals surface area (Å²) in [7, 11) is 0. The molecule has 0 fully saturated rings. The molecule has 282 valence electrons. The lowest BCUT2D eigenvalue weighted by atomic mass is 9.78. The number of benzene rings is 5. The monoisotopic (exact) mass is 736 g/mol. The number of nitrogens with one attached hydrogen (secondary N) is 1. The molecule has 1 unspecified atom stereocenters. The van der Waals surface area contributed by atoms with Crippen LogP contribution in [0.3, 0.4) is 0 Å². The molecule has 2 aliphatic heterocycles. The van der Waals surface area contributed by atoms with Gasteiger partial charge in [0.15, 0.2) is 0 Å². The van der Waals surface area contributed by atoms with Gasteiger partial charge in [0.2, 0.25) is 0 Å². The molecule has 2 aliphatic rings. The number of aryl methyl sites for hydroxylation is 2. The third-order valence-corrected chi connectivity index (χ3v) is 10.9. The average Bonchev–Trinajstić information content (AvgIpc) is 3.20. The summed E-state index contributed by atoms with van der Waals surface area (Å²) in [5.74, 6) is -2.09. The number of aliphatic hydroxyl groups is 1. The highest BCUT2D eigenvalue weighted by atomic mass is 16.3. The molecule has 0 spiro atoms. The molecule has 1 atom stereocenters. The Bertz CT molecular complexity index is 2300. The van der Waals surface area contributed by atoms with Crippen molar-refractivity contribution in [3.63, 3.8) is 0 Å². The summed E-state index contributed by atoms with van der Waals surface area (Å²) >= 11 is 0. The third kappa shape index (κ3) is 6.77. The fourth-order valence-electron chi connectivity index (χ4n) is 8.02. The molecule has 9 heteroatoms. The van der Waals surface area contributed by atoms with Gasteiger partial charge in [-0.3, -0.25) is 24.1 Å². The van der Waals surface area contributed by atoms with Gasteiger partial charge in [0.1, 0.15) is 0 Å². The highest BCUT2D eigenvalue weighted by Crippen LogP contribution is 2.47. The Labute approximate surface area is 322 Å². The zero-order chi connectivity index (χ0) is 39.0. The molecular formula is C46H48N4O5. The Morgan fingerprint density at radius 1 is 0.636 bits per heavy atom. The lowest BCUT2D eigenvalue weighted by Crippen LogP contribution is -2.50. The second-order valence-electron chi connectivity index (χ2n) is 14.9. The van der Waals surface area contributed by atoms with Crippen molar-refractivity contribution < 1.29 is 24.3 Å². The highest BCUT2D eigenvalue weighted by molar-refractivity contribution is 6.41. The minimum absolute atomic E-state index is 0.0892. The quantitative estimate of drug-likeness (QED) is 0.0812. The molecule has 0 aromatic heterocycles. The number of amides is 4. The third-order valence-electron chi connectivity index (χ3n) is 10.9. The van der Waals surface area contributed by atoms with Crippen molar-refractivity contribution in [1.82, 2.24) is 10.2 Å². The summed E-state index contributed by atoms with van der Waals surface area (Å²) in [5, 5.41) is 14.5. The predicted molar refractivity (Wildman–Crippen MR) is 218 cm³/mol. The first-order valence-corrected chi connectivity index (χ1v) is 19.3. The van der Waals surface area contributed by atoms with E-state index in [2.05, 4.69) is 19.2 Å². The number of nitrogens with two attached hydrogens (primary N) is 1. The normalized spacial score (nSPS) is 14.5. The topological polar surface area (TPSA) is 133 Å². The SMILES string of the molecule is CCc1ccc(-c2cc3c4c(c(-c5ccc(CC)cc5)cc5c4c2C(=O)N(c2ccc(CCNCCN)cc2)C5=O)C(=O)N(C(CO)CC(C)C)C3=O)cc1. The second-order valence-corrected chi connectivity index (χ2v) is 14.9. The molecule has 0 bridgehead atoms. The molecule has 9 nitrogen and oxygen atoms in total. The van der Waals surface area contributed by atoms with E-state index in [0.29, 0.717) is 58.2 Å². The summed E-state index contributed by atoms with van der Waals surface area (Å²) in [5.41, 5.74) is 12.7. The maximum absolute atomic E-state index is 15.0. The van der Waals surface area contributed by atoms with Crippen LogP contribution in [0.15, 0.2) is 84.9 Å². The van der Waals surface area contributed by atoms with Gasteiger partial charge in [-0.1, -0.05) is 88.4 Å². The average molecular weight is 737 g/mol. The van der Waals surface area contributed by atoms with Gasteiger partial charge in [-0.25, -0.2) is 4.90 Å². The van der Waals surface area contributed by atoms with Crippen LogP contribution in [-0.2, 0) is 19.3 Å². The Balaban J connectivity index is 1.51. The second kappa shape index (κ2) is 15.7. The molecular weight excluding hydrogens is 689 g/mol. The number of rotatable bonds is 14. The van der Waals surface area contributed by atoms with Gasteiger partial charge in [0.25, 0.3) is 23.6 Å². The first kappa shape index (κ1) is 37.8. The van der Waals surface area contributed by atoms with E-state index in [1.54, 1.807) is 24.3 Å². The van der Waals surface area contributed by atoms with Crippen molar-refractivity contribution in [2.24, 2.45) is 11.7 Å². The molecule has 7 rings (SSSR count). The molecule has 0 aliphatic carbocycles. The number of imide groups is 2. The van der Waals surface area contributed by atoms with Gasteiger partial charge >= 0.3 is 0 Å². The number of carbonyl (C=O) groups excluding carboxylic acids is 4. The van der Waals surface area contributed by atoms with E-state index in [-0.39, 0.29) is 28.2 Å². The summed E-state index contributed by atoms with van der Waals surface area (Å²) in [4.78, 5) is 61.9. The predicted octanol–water partition coefficient (Wildman–Crippen LogP) is 7.19. The number of hydrogen-bond donors (Lipinski definition) is 3. The number of anilines is 1. The fraction of sp³-hybridized carbons (Fsp3) is 0.304. The van der Waals surface area contributed by atoms with Crippen LogP contribution in [-0.4, -0.2) is 65.9 Å². The van der Waals surface area contributed by atoms with Crippen LogP contribution in [0, 0.1) is 5.92 Å². The number of aliphatic hydroxyl groups excluding tert-OH is 1. The lowest BCUT2D eigenvalue weighted by molar-refractivity contribution is 0.0444. The minimum atomic E-state index is -0.767. The van der Waals surface area contributed by atoms with Crippen LogP contribution in [0.2, 0.25) is 0 Å². The standard InChI is InChI=1S/C46H48N4O5/c1-5-28-7-13-31(14-8-28)35-25-38-40-39-37(43(52)49(45(54)41(35)39)33-17-11-30(12-18-33)19-21-48-22-20-47)24-36(32-15-9-29(6-2)10-16-32)42(40)46(55)50(44(38)53)34(26-51)23-27(3)4/h7-18,24-25,27,34,48,51H,5-6,19-23,26,47H2,1-4H3. The molecule has 4 amide bonds. The van der Waals surface area contributed by atoms with Crippen LogP contribution in [0.1, 0.15) is 92.2 Å². The largest absolute Gasteiger partial charge is 0.394 e. The maximum Gasteiger partial charge on any atom is 0.266 e.